The summed E-state index contributed by atoms with van der Waals surface area (Å²) in [5.74, 6) is 0. The second-order valence-electron chi connectivity index (χ2n) is 5.84. The Hall–Kier alpha value is -1.77. The first kappa shape index (κ1) is 12.7. The zero-order chi connectivity index (χ0) is 13.5. The van der Waals surface area contributed by atoms with Crippen LogP contribution in [-0.2, 0) is 12.5 Å². The fourth-order valence-electron chi connectivity index (χ4n) is 2.17. The molecule has 0 atom stereocenters. The first-order chi connectivity index (χ1) is 8.30. The molecule has 0 aliphatic rings. The predicted molar refractivity (Wildman–Crippen MR) is 74.9 cm³/mol. The van der Waals surface area contributed by atoms with E-state index < -0.39 is 0 Å². The fraction of sp³-hybridized carbons (Fsp3) is 0.400. The summed E-state index contributed by atoms with van der Waals surface area (Å²) in [4.78, 5) is 12.2. The molecule has 1 aromatic carbocycles. The molecular weight excluding hydrogens is 224 g/mol. The van der Waals surface area contributed by atoms with Crippen molar-refractivity contribution < 1.29 is 0 Å². The van der Waals surface area contributed by atoms with Crippen LogP contribution in [0.4, 0.5) is 0 Å². The van der Waals surface area contributed by atoms with Gasteiger partial charge in [0.25, 0.3) is 5.56 Å². The van der Waals surface area contributed by atoms with E-state index >= 15 is 0 Å². The van der Waals surface area contributed by atoms with Crippen molar-refractivity contribution in [2.45, 2.75) is 33.1 Å². The summed E-state index contributed by atoms with van der Waals surface area (Å²) in [5, 5.41) is 3.16. The van der Waals surface area contributed by atoms with Crippen molar-refractivity contribution in [3.63, 3.8) is 0 Å². The van der Waals surface area contributed by atoms with Crippen molar-refractivity contribution in [3.05, 3.63) is 45.7 Å². The number of rotatable bonds is 1. The second kappa shape index (κ2) is 4.16. The first-order valence-corrected chi connectivity index (χ1v) is 6.17. The lowest BCUT2D eigenvalue weighted by Crippen LogP contribution is -2.24. The van der Waals surface area contributed by atoms with Gasteiger partial charge in [-0.2, -0.15) is 0 Å². The number of benzene rings is 1. The highest BCUT2D eigenvalue weighted by Gasteiger charge is 2.25. The Balaban J connectivity index is 2.69. The van der Waals surface area contributed by atoms with Crippen LogP contribution < -0.4 is 5.56 Å². The molecule has 0 saturated carbocycles. The zero-order valence-electron chi connectivity index (χ0n) is 11.7. The minimum Gasteiger partial charge on any atom is -0.295 e. The highest BCUT2D eigenvalue weighted by molar-refractivity contribution is 5.64. The normalized spacial score (nSPS) is 11.8. The van der Waals surface area contributed by atoms with Crippen molar-refractivity contribution in [2.75, 3.05) is 0 Å². The van der Waals surface area contributed by atoms with Gasteiger partial charge < -0.3 is 0 Å². The number of aryl methyl sites for hydroxylation is 2. The van der Waals surface area contributed by atoms with Crippen LogP contribution >= 0.6 is 0 Å². The van der Waals surface area contributed by atoms with Crippen LogP contribution in [0.1, 0.15) is 31.9 Å². The molecule has 0 saturated heterocycles. The molecule has 18 heavy (non-hydrogen) atoms. The molecule has 0 radical (unpaired) electrons. The third-order valence-corrected chi connectivity index (χ3v) is 3.14. The molecule has 0 aliphatic carbocycles. The first-order valence-electron chi connectivity index (χ1n) is 6.17. The lowest BCUT2D eigenvalue weighted by Gasteiger charge is -2.17. The lowest BCUT2D eigenvalue weighted by molar-refractivity contribution is 0.583. The maximum atomic E-state index is 12.2. The number of H-pyrrole nitrogens is 1. The molecule has 0 bridgehead atoms. The van der Waals surface area contributed by atoms with Crippen molar-refractivity contribution in [2.24, 2.45) is 7.05 Å². The van der Waals surface area contributed by atoms with Gasteiger partial charge in [-0.1, -0.05) is 50.6 Å². The number of nitrogens with zero attached hydrogens (tertiary/aromatic N) is 1. The zero-order valence-corrected chi connectivity index (χ0v) is 11.7. The Morgan fingerprint density at radius 1 is 1.11 bits per heavy atom. The molecule has 3 nitrogen and oxygen atoms in total. The van der Waals surface area contributed by atoms with Crippen molar-refractivity contribution in [3.8, 4) is 11.3 Å². The molecule has 1 heterocycles. The molecule has 0 spiro atoms. The van der Waals surface area contributed by atoms with E-state index in [1.54, 1.807) is 11.7 Å². The van der Waals surface area contributed by atoms with E-state index in [1.807, 2.05) is 0 Å². The van der Waals surface area contributed by atoms with Crippen LogP contribution in [0.5, 0.6) is 0 Å². The van der Waals surface area contributed by atoms with Gasteiger partial charge in [0.05, 0.1) is 5.69 Å². The maximum absolute atomic E-state index is 12.2. The van der Waals surface area contributed by atoms with Crippen LogP contribution in [0, 0.1) is 6.92 Å². The number of nitrogens with one attached hydrogen (secondary N) is 1. The highest BCUT2D eigenvalue weighted by Crippen LogP contribution is 2.29. The van der Waals surface area contributed by atoms with Crippen LogP contribution in [0.15, 0.2) is 29.1 Å². The number of hydrogen-bond donors (Lipinski definition) is 1. The van der Waals surface area contributed by atoms with Gasteiger partial charge in [-0.3, -0.25) is 14.6 Å². The van der Waals surface area contributed by atoms with Gasteiger partial charge in [0.2, 0.25) is 0 Å². The number of aromatic nitrogens is 2. The Morgan fingerprint density at radius 3 is 2.17 bits per heavy atom. The molecule has 96 valence electrons. The van der Waals surface area contributed by atoms with Crippen molar-refractivity contribution in [1.82, 2.24) is 9.78 Å². The summed E-state index contributed by atoms with van der Waals surface area (Å²) in [7, 11) is 1.76. The Morgan fingerprint density at radius 2 is 1.67 bits per heavy atom. The van der Waals surface area contributed by atoms with Gasteiger partial charge in [-0.15, -0.1) is 0 Å². The molecular formula is C15H20N2O. The molecule has 3 heteroatoms. The van der Waals surface area contributed by atoms with Gasteiger partial charge in [0.1, 0.15) is 0 Å². The molecule has 0 amide bonds. The summed E-state index contributed by atoms with van der Waals surface area (Å²) >= 11 is 0. The third-order valence-electron chi connectivity index (χ3n) is 3.14. The van der Waals surface area contributed by atoms with E-state index in [-0.39, 0.29) is 11.0 Å². The topological polar surface area (TPSA) is 37.8 Å². The molecule has 0 aliphatic heterocycles. The van der Waals surface area contributed by atoms with E-state index in [0.717, 1.165) is 16.8 Å². The van der Waals surface area contributed by atoms with Crippen molar-refractivity contribution >= 4 is 0 Å². The number of hydrogen-bond acceptors (Lipinski definition) is 1. The Kier molecular flexibility index (Phi) is 2.93. The van der Waals surface area contributed by atoms with E-state index in [0.29, 0.717) is 0 Å². The molecule has 0 fully saturated rings. The molecule has 0 unspecified atom stereocenters. The van der Waals surface area contributed by atoms with Gasteiger partial charge in [-0.25, -0.2) is 0 Å². The lowest BCUT2D eigenvalue weighted by atomic mass is 9.85. The Labute approximate surface area is 107 Å². The minimum absolute atomic E-state index is 0.0538. The van der Waals surface area contributed by atoms with Crippen LogP contribution in [0.25, 0.3) is 11.3 Å². The van der Waals surface area contributed by atoms with Crippen LogP contribution in [-0.4, -0.2) is 9.78 Å². The van der Waals surface area contributed by atoms with Crippen molar-refractivity contribution in [1.29, 1.82) is 0 Å². The fourth-order valence-corrected chi connectivity index (χ4v) is 2.17. The standard InChI is InChI=1S/C15H20N2O/c1-10-6-8-11(9-7-10)13-12(15(2,3)4)14(18)17(5)16-13/h6-9,16H,1-5H3. The predicted octanol–water partition coefficient (Wildman–Crippen LogP) is 2.99. The average molecular weight is 244 g/mol. The van der Waals surface area contributed by atoms with Gasteiger partial charge in [0.15, 0.2) is 0 Å². The quantitative estimate of drug-likeness (QED) is 0.822. The minimum atomic E-state index is -0.172. The average Bonchev–Trinajstić information content (AvgIpc) is 2.56. The SMILES string of the molecule is Cc1ccc(-c2[nH]n(C)c(=O)c2C(C)(C)C)cc1. The smallest absolute Gasteiger partial charge is 0.270 e. The summed E-state index contributed by atoms with van der Waals surface area (Å²) in [5.41, 5.74) is 3.93. The molecule has 1 N–H and O–H groups in total. The summed E-state index contributed by atoms with van der Waals surface area (Å²) in [6, 6.07) is 8.23. The van der Waals surface area contributed by atoms with E-state index in [9.17, 15) is 4.79 Å². The largest absolute Gasteiger partial charge is 0.295 e. The highest BCUT2D eigenvalue weighted by atomic mass is 16.1. The van der Waals surface area contributed by atoms with Gasteiger partial charge in [0, 0.05) is 12.6 Å². The molecule has 2 rings (SSSR count). The summed E-state index contributed by atoms with van der Waals surface area (Å²) in [6.07, 6.45) is 0. The summed E-state index contributed by atoms with van der Waals surface area (Å²) < 4.78 is 1.55. The third kappa shape index (κ3) is 2.13. The van der Waals surface area contributed by atoms with Crippen LogP contribution in [0.2, 0.25) is 0 Å². The number of aromatic amines is 1. The molecule has 1 aromatic heterocycles. The van der Waals surface area contributed by atoms with E-state index in [1.165, 1.54) is 5.56 Å². The Bertz CT molecular complexity index is 609. The monoisotopic (exact) mass is 244 g/mol. The van der Waals surface area contributed by atoms with Gasteiger partial charge in [-0.05, 0) is 17.9 Å². The summed E-state index contributed by atoms with van der Waals surface area (Å²) in [6.45, 7) is 8.25. The maximum Gasteiger partial charge on any atom is 0.270 e. The van der Waals surface area contributed by atoms with Crippen LogP contribution in [0.3, 0.4) is 0 Å². The van der Waals surface area contributed by atoms with Gasteiger partial charge >= 0.3 is 0 Å². The van der Waals surface area contributed by atoms with E-state index in [2.05, 4.69) is 57.1 Å². The second-order valence-corrected chi connectivity index (χ2v) is 5.84. The van der Waals surface area contributed by atoms with E-state index in [4.69, 9.17) is 0 Å². The molecule has 2 aromatic rings.